The highest BCUT2D eigenvalue weighted by Crippen LogP contribution is 2.44. The fraction of sp³-hybridized carbons (Fsp3) is 0.379. The van der Waals surface area contributed by atoms with E-state index in [0.29, 0.717) is 5.75 Å². The van der Waals surface area contributed by atoms with Gasteiger partial charge in [-0.25, -0.2) is 0 Å². The average molecular weight is 442 g/mol. The lowest BCUT2D eigenvalue weighted by Gasteiger charge is -2.35. The van der Waals surface area contributed by atoms with Crippen LogP contribution in [0.2, 0.25) is 0 Å². The van der Waals surface area contributed by atoms with Crippen LogP contribution in [0.25, 0.3) is 27.8 Å². The Morgan fingerprint density at radius 1 is 0.818 bits per heavy atom. The van der Waals surface area contributed by atoms with Crippen LogP contribution in [0.4, 0.5) is 0 Å². The molecular formula is C29H35N3O. The molecule has 0 saturated carbocycles. The summed E-state index contributed by atoms with van der Waals surface area (Å²) in [6, 6.07) is 20.3. The fourth-order valence-corrected chi connectivity index (χ4v) is 5.09. The molecule has 1 heterocycles. The first-order valence-corrected chi connectivity index (χ1v) is 11.8. The zero-order valence-electron chi connectivity index (χ0n) is 20.8. The Morgan fingerprint density at radius 3 is 2.03 bits per heavy atom. The monoisotopic (exact) mass is 441 g/mol. The van der Waals surface area contributed by atoms with Crippen molar-refractivity contribution in [2.24, 2.45) is 5.41 Å². The number of aromatic hydroxyl groups is 1. The molecule has 4 nitrogen and oxygen atoms in total. The SMILES string of the molecule is CC(C)c1cccc(-c2ccc(-n3nc4ccccc4n3)cc2C(C)(C)CC(C)(C)C)c1O. The second-order valence-corrected chi connectivity index (χ2v) is 11.2. The molecule has 0 aliphatic rings. The van der Waals surface area contributed by atoms with Gasteiger partial charge in [0.15, 0.2) is 0 Å². The first kappa shape index (κ1) is 23.0. The lowest BCUT2D eigenvalue weighted by Crippen LogP contribution is -2.26. The van der Waals surface area contributed by atoms with Gasteiger partial charge in [-0.05, 0) is 64.1 Å². The van der Waals surface area contributed by atoms with Gasteiger partial charge in [0, 0.05) is 5.56 Å². The van der Waals surface area contributed by atoms with Crippen molar-refractivity contribution in [2.45, 2.75) is 66.2 Å². The van der Waals surface area contributed by atoms with Gasteiger partial charge in [-0.3, -0.25) is 0 Å². The van der Waals surface area contributed by atoms with Crippen molar-refractivity contribution in [3.63, 3.8) is 0 Å². The molecule has 4 heteroatoms. The van der Waals surface area contributed by atoms with E-state index in [1.165, 1.54) is 5.56 Å². The second-order valence-electron chi connectivity index (χ2n) is 11.2. The molecule has 0 unspecified atom stereocenters. The maximum absolute atomic E-state index is 11.2. The minimum absolute atomic E-state index is 0.129. The molecule has 0 aliphatic heterocycles. The molecule has 33 heavy (non-hydrogen) atoms. The van der Waals surface area contributed by atoms with Crippen LogP contribution in [-0.2, 0) is 5.41 Å². The van der Waals surface area contributed by atoms with Gasteiger partial charge in [-0.2, -0.15) is 4.80 Å². The van der Waals surface area contributed by atoms with E-state index in [1.807, 2.05) is 48.5 Å². The van der Waals surface area contributed by atoms with Crippen LogP contribution >= 0.6 is 0 Å². The van der Waals surface area contributed by atoms with Gasteiger partial charge in [0.2, 0.25) is 0 Å². The van der Waals surface area contributed by atoms with Crippen molar-refractivity contribution >= 4 is 11.0 Å². The summed E-state index contributed by atoms with van der Waals surface area (Å²) in [6.45, 7) is 15.6. The molecule has 0 aliphatic carbocycles. The summed E-state index contributed by atoms with van der Waals surface area (Å²) < 4.78 is 0. The predicted octanol–water partition coefficient (Wildman–Crippen LogP) is 7.63. The molecule has 1 aromatic heterocycles. The van der Waals surface area contributed by atoms with Crippen LogP contribution in [0.3, 0.4) is 0 Å². The highest BCUT2D eigenvalue weighted by Gasteiger charge is 2.31. The van der Waals surface area contributed by atoms with E-state index in [4.69, 9.17) is 10.2 Å². The van der Waals surface area contributed by atoms with Crippen LogP contribution in [0.5, 0.6) is 5.75 Å². The van der Waals surface area contributed by atoms with E-state index in [-0.39, 0.29) is 16.7 Å². The molecule has 4 rings (SSSR count). The quantitative estimate of drug-likeness (QED) is 0.346. The number of nitrogens with zero attached hydrogens (tertiary/aromatic N) is 3. The number of hydrogen-bond donors (Lipinski definition) is 1. The maximum Gasteiger partial charge on any atom is 0.126 e. The van der Waals surface area contributed by atoms with Gasteiger partial charge in [0.1, 0.15) is 16.8 Å². The Kier molecular flexibility index (Phi) is 5.81. The summed E-state index contributed by atoms with van der Waals surface area (Å²) >= 11 is 0. The first-order valence-electron chi connectivity index (χ1n) is 11.8. The van der Waals surface area contributed by atoms with Crippen LogP contribution in [0.15, 0.2) is 60.7 Å². The van der Waals surface area contributed by atoms with E-state index >= 15 is 0 Å². The third-order valence-corrected chi connectivity index (χ3v) is 6.20. The highest BCUT2D eigenvalue weighted by atomic mass is 16.3. The van der Waals surface area contributed by atoms with Crippen molar-refractivity contribution in [1.82, 2.24) is 15.0 Å². The van der Waals surface area contributed by atoms with Crippen LogP contribution in [-0.4, -0.2) is 20.1 Å². The standard InChI is InChI=1S/C29H35N3O/c1-19(2)21-11-10-12-23(27(21)33)22-16-15-20(17-24(22)29(6,7)18-28(3,4)5)32-30-25-13-8-9-14-26(25)31-32/h8-17,19,33H,18H2,1-7H3. The lowest BCUT2D eigenvalue weighted by molar-refractivity contribution is 0.284. The van der Waals surface area contributed by atoms with E-state index in [9.17, 15) is 5.11 Å². The number of fused-ring (bicyclic) bond motifs is 1. The van der Waals surface area contributed by atoms with Gasteiger partial charge in [-0.15, -0.1) is 10.2 Å². The highest BCUT2D eigenvalue weighted by molar-refractivity contribution is 5.77. The lowest BCUT2D eigenvalue weighted by atomic mass is 9.70. The Hall–Kier alpha value is -3.14. The Morgan fingerprint density at radius 2 is 1.45 bits per heavy atom. The number of para-hydroxylation sites is 1. The molecule has 1 N–H and O–H groups in total. The number of hydrogen-bond acceptors (Lipinski definition) is 3. The van der Waals surface area contributed by atoms with Crippen molar-refractivity contribution in [2.75, 3.05) is 0 Å². The van der Waals surface area contributed by atoms with Gasteiger partial charge in [0.05, 0.1) is 5.69 Å². The minimum Gasteiger partial charge on any atom is -0.507 e. The number of phenolic OH excluding ortho intramolecular Hbond substituents is 1. The molecule has 0 amide bonds. The summed E-state index contributed by atoms with van der Waals surface area (Å²) in [5.41, 5.74) is 6.79. The molecule has 0 fully saturated rings. The molecular weight excluding hydrogens is 406 g/mol. The molecule has 0 atom stereocenters. The van der Waals surface area contributed by atoms with Gasteiger partial charge < -0.3 is 5.11 Å². The number of phenols is 1. The number of benzene rings is 3. The normalized spacial score (nSPS) is 12.6. The molecule has 0 saturated heterocycles. The molecule has 0 bridgehead atoms. The van der Waals surface area contributed by atoms with E-state index in [2.05, 4.69) is 60.6 Å². The predicted molar refractivity (Wildman–Crippen MR) is 137 cm³/mol. The van der Waals surface area contributed by atoms with Gasteiger partial charge in [0.25, 0.3) is 0 Å². The van der Waals surface area contributed by atoms with Crippen molar-refractivity contribution in [3.05, 3.63) is 71.8 Å². The van der Waals surface area contributed by atoms with Gasteiger partial charge >= 0.3 is 0 Å². The van der Waals surface area contributed by atoms with E-state index in [1.54, 1.807) is 4.80 Å². The topological polar surface area (TPSA) is 50.9 Å². The molecule has 0 spiro atoms. The van der Waals surface area contributed by atoms with Crippen LogP contribution in [0.1, 0.15) is 71.9 Å². The van der Waals surface area contributed by atoms with Crippen molar-refractivity contribution < 1.29 is 5.11 Å². The summed E-state index contributed by atoms with van der Waals surface area (Å²) in [5.74, 6) is 0.618. The van der Waals surface area contributed by atoms with Crippen molar-refractivity contribution in [3.8, 4) is 22.6 Å². The van der Waals surface area contributed by atoms with Crippen LogP contribution in [0, 0.1) is 5.41 Å². The average Bonchev–Trinajstić information content (AvgIpc) is 3.16. The fourth-order valence-electron chi connectivity index (χ4n) is 5.09. The van der Waals surface area contributed by atoms with E-state index in [0.717, 1.165) is 39.8 Å². The minimum atomic E-state index is -0.129. The largest absolute Gasteiger partial charge is 0.507 e. The van der Waals surface area contributed by atoms with Crippen LogP contribution < -0.4 is 0 Å². The van der Waals surface area contributed by atoms with Crippen molar-refractivity contribution in [1.29, 1.82) is 0 Å². The summed E-state index contributed by atoms with van der Waals surface area (Å²) in [6.07, 6.45) is 0.996. The second kappa shape index (κ2) is 8.33. The Labute approximate surface area is 197 Å². The zero-order chi connectivity index (χ0) is 24.0. The maximum atomic E-state index is 11.2. The third kappa shape index (κ3) is 4.66. The summed E-state index contributed by atoms with van der Waals surface area (Å²) in [7, 11) is 0. The molecule has 3 aromatic carbocycles. The van der Waals surface area contributed by atoms with E-state index < -0.39 is 0 Å². The summed E-state index contributed by atoms with van der Waals surface area (Å²) in [5, 5.41) is 20.6. The summed E-state index contributed by atoms with van der Waals surface area (Å²) in [4.78, 5) is 1.72. The first-order chi connectivity index (χ1) is 15.5. The Bertz CT molecular complexity index is 1260. The smallest absolute Gasteiger partial charge is 0.126 e. The zero-order valence-corrected chi connectivity index (χ0v) is 20.8. The molecule has 172 valence electrons. The Balaban J connectivity index is 1.93. The molecule has 0 radical (unpaired) electrons. The van der Waals surface area contributed by atoms with Gasteiger partial charge in [-0.1, -0.05) is 84.9 Å². The third-order valence-electron chi connectivity index (χ3n) is 6.20. The molecule has 4 aromatic rings. The number of aromatic nitrogens is 3. The number of rotatable bonds is 5.